The molecule has 0 saturated heterocycles. The predicted octanol–water partition coefficient (Wildman–Crippen LogP) is 7.40. The van der Waals surface area contributed by atoms with Crippen molar-refractivity contribution in [3.63, 3.8) is 0 Å². The van der Waals surface area contributed by atoms with Gasteiger partial charge in [0.2, 0.25) is 0 Å². The summed E-state index contributed by atoms with van der Waals surface area (Å²) in [7, 11) is 1.20. The summed E-state index contributed by atoms with van der Waals surface area (Å²) in [6, 6.07) is 20.0. The molecule has 0 heterocycles. The Kier molecular flexibility index (Phi) is 10.3. The van der Waals surface area contributed by atoms with E-state index in [9.17, 15) is 14.0 Å². The molecular weight excluding hydrogens is 503 g/mol. The van der Waals surface area contributed by atoms with Gasteiger partial charge in [-0.25, -0.2) is 14.0 Å². The highest BCUT2D eigenvalue weighted by atomic mass is 19.1. The number of hydrogen-bond donors (Lipinski definition) is 1. The van der Waals surface area contributed by atoms with Gasteiger partial charge in [-0.2, -0.15) is 0 Å². The van der Waals surface area contributed by atoms with Gasteiger partial charge in [0, 0.05) is 22.9 Å². The summed E-state index contributed by atoms with van der Waals surface area (Å²) >= 11 is 0. The number of anilines is 1. The van der Waals surface area contributed by atoms with Crippen molar-refractivity contribution >= 4 is 17.7 Å². The van der Waals surface area contributed by atoms with E-state index < -0.39 is 11.8 Å². The first-order valence-electron chi connectivity index (χ1n) is 14.1. The minimum Gasteiger partial charge on any atom is -0.465 e. The Morgan fingerprint density at radius 3 is 2.15 bits per heavy atom. The number of ether oxygens (including phenoxy) is 1. The molecule has 5 nitrogen and oxygen atoms in total. The van der Waals surface area contributed by atoms with Crippen LogP contribution in [0.25, 0.3) is 0 Å². The van der Waals surface area contributed by atoms with Crippen LogP contribution in [0, 0.1) is 17.7 Å². The van der Waals surface area contributed by atoms with Crippen molar-refractivity contribution in [3.05, 3.63) is 100 Å². The lowest BCUT2D eigenvalue weighted by Gasteiger charge is -2.29. The van der Waals surface area contributed by atoms with Crippen molar-refractivity contribution in [2.24, 2.45) is 0 Å². The lowest BCUT2D eigenvalue weighted by atomic mass is 9.96. The van der Waals surface area contributed by atoms with Crippen molar-refractivity contribution in [1.82, 2.24) is 5.32 Å². The first kappa shape index (κ1) is 28.9. The van der Waals surface area contributed by atoms with E-state index in [1.54, 1.807) is 4.90 Å². The minimum atomic E-state index is -0.787. The van der Waals surface area contributed by atoms with Crippen LogP contribution in [0.5, 0.6) is 0 Å². The van der Waals surface area contributed by atoms with E-state index in [0.29, 0.717) is 5.69 Å². The maximum Gasteiger partial charge on any atom is 0.340 e. The number of esters is 1. The number of unbranched alkanes of at least 4 members (excludes halogenated alkanes) is 1. The maximum absolute atomic E-state index is 14.3. The van der Waals surface area contributed by atoms with E-state index in [1.165, 1.54) is 50.1 Å². The van der Waals surface area contributed by atoms with Gasteiger partial charge in [-0.05, 0) is 79.3 Å². The number of methoxy groups -OCH3 is 1. The van der Waals surface area contributed by atoms with Crippen LogP contribution in [-0.4, -0.2) is 25.2 Å². The number of carbonyl (C=O) groups excluding carboxylic acids is 2. The van der Waals surface area contributed by atoms with Crippen LogP contribution >= 0.6 is 0 Å². The molecule has 40 heavy (non-hydrogen) atoms. The highest BCUT2D eigenvalue weighted by Crippen LogP contribution is 2.24. The summed E-state index contributed by atoms with van der Waals surface area (Å²) in [5, 5.41) is 3.13. The average molecular weight is 541 g/mol. The van der Waals surface area contributed by atoms with Gasteiger partial charge in [0.15, 0.2) is 0 Å². The summed E-state index contributed by atoms with van der Waals surface area (Å²) in [4.78, 5) is 27.1. The van der Waals surface area contributed by atoms with E-state index in [4.69, 9.17) is 4.74 Å². The molecule has 0 radical (unpaired) electrons. The Morgan fingerprint density at radius 1 is 0.925 bits per heavy atom. The second-order valence-corrected chi connectivity index (χ2v) is 10.3. The van der Waals surface area contributed by atoms with Crippen molar-refractivity contribution in [3.8, 4) is 11.8 Å². The van der Waals surface area contributed by atoms with Gasteiger partial charge in [-0.1, -0.05) is 68.7 Å². The monoisotopic (exact) mass is 540 g/mol. The molecule has 0 spiro atoms. The minimum absolute atomic E-state index is 0.0997. The number of aryl methyl sites for hydroxylation is 1. The van der Waals surface area contributed by atoms with Crippen molar-refractivity contribution in [2.75, 3.05) is 12.0 Å². The summed E-state index contributed by atoms with van der Waals surface area (Å²) in [5.41, 5.74) is 4.25. The third-order valence-electron chi connectivity index (χ3n) is 7.26. The number of amides is 2. The second kappa shape index (κ2) is 14.3. The molecule has 1 saturated carbocycles. The third kappa shape index (κ3) is 7.95. The van der Waals surface area contributed by atoms with E-state index in [0.717, 1.165) is 48.8 Å². The molecule has 3 aromatic carbocycles. The Balaban J connectivity index is 1.51. The number of nitrogens with one attached hydrogen (secondary N) is 1. The van der Waals surface area contributed by atoms with E-state index in [1.807, 2.05) is 24.3 Å². The van der Waals surface area contributed by atoms with Gasteiger partial charge in [0.1, 0.15) is 5.82 Å². The largest absolute Gasteiger partial charge is 0.465 e. The zero-order chi connectivity index (χ0) is 28.3. The molecule has 0 unspecified atom stereocenters. The van der Waals surface area contributed by atoms with Crippen LogP contribution < -0.4 is 10.2 Å². The van der Waals surface area contributed by atoms with Gasteiger partial charge in [-0.15, -0.1) is 0 Å². The SMILES string of the molecule is CCCCc1ccc(C#Cc2ccc(CN(C(=O)NC3CCCCC3)c3ccc(F)c(C(=O)OC)c3)cc2)cc1. The molecule has 1 N–H and O–H groups in total. The fourth-order valence-electron chi connectivity index (χ4n) is 4.88. The van der Waals surface area contributed by atoms with Gasteiger partial charge >= 0.3 is 12.0 Å². The van der Waals surface area contributed by atoms with Crippen LogP contribution in [0.3, 0.4) is 0 Å². The van der Waals surface area contributed by atoms with Gasteiger partial charge in [-0.3, -0.25) is 4.90 Å². The number of rotatable bonds is 8. The third-order valence-corrected chi connectivity index (χ3v) is 7.26. The zero-order valence-electron chi connectivity index (χ0n) is 23.3. The van der Waals surface area contributed by atoms with E-state index in [-0.39, 0.29) is 24.2 Å². The predicted molar refractivity (Wildman–Crippen MR) is 157 cm³/mol. The molecule has 2 amide bonds. The number of halogens is 1. The summed E-state index contributed by atoms with van der Waals surface area (Å²) < 4.78 is 19.1. The highest BCUT2D eigenvalue weighted by molar-refractivity contribution is 5.95. The number of carbonyl (C=O) groups is 2. The molecule has 0 atom stereocenters. The summed E-state index contributed by atoms with van der Waals surface area (Å²) in [6.45, 7) is 2.44. The number of hydrogen-bond acceptors (Lipinski definition) is 3. The van der Waals surface area contributed by atoms with Gasteiger partial charge in [0.05, 0.1) is 19.2 Å². The summed E-state index contributed by atoms with van der Waals surface area (Å²) in [6.07, 6.45) is 8.67. The molecule has 4 rings (SSSR count). The standard InChI is InChI=1S/C34H37FN2O3/c1-3-4-8-25-11-13-26(14-12-25)15-16-27-17-19-28(20-18-27)24-37(34(39)36-29-9-6-5-7-10-29)30-21-22-32(35)31(23-30)33(38)40-2/h11-14,17-23,29H,3-10,24H2,1-2H3,(H,36,39). The quantitative estimate of drug-likeness (QED) is 0.239. The molecule has 6 heteroatoms. The summed E-state index contributed by atoms with van der Waals surface area (Å²) in [5.74, 6) is 4.95. The second-order valence-electron chi connectivity index (χ2n) is 10.3. The van der Waals surface area contributed by atoms with Crippen LogP contribution in [0.15, 0.2) is 66.7 Å². The van der Waals surface area contributed by atoms with E-state index in [2.05, 4.69) is 48.3 Å². The molecule has 1 aliphatic rings. The molecule has 0 bridgehead atoms. The molecule has 3 aromatic rings. The van der Waals surface area contributed by atoms with E-state index >= 15 is 0 Å². The fourth-order valence-corrected chi connectivity index (χ4v) is 4.88. The number of benzene rings is 3. The van der Waals surface area contributed by atoms with Crippen LogP contribution in [-0.2, 0) is 17.7 Å². The Morgan fingerprint density at radius 2 is 1.55 bits per heavy atom. The lowest BCUT2D eigenvalue weighted by Crippen LogP contribution is -2.45. The Labute approximate surface area is 236 Å². The normalized spacial score (nSPS) is 13.2. The smallest absolute Gasteiger partial charge is 0.340 e. The number of nitrogens with zero attached hydrogens (tertiary/aromatic N) is 1. The van der Waals surface area contributed by atoms with Crippen LogP contribution in [0.1, 0.15) is 84.5 Å². The molecule has 208 valence electrons. The Hall–Kier alpha value is -4.11. The van der Waals surface area contributed by atoms with Gasteiger partial charge < -0.3 is 10.1 Å². The lowest BCUT2D eigenvalue weighted by molar-refractivity contribution is 0.0595. The average Bonchev–Trinajstić information content (AvgIpc) is 2.99. The molecule has 0 aliphatic heterocycles. The molecular formula is C34H37FN2O3. The molecule has 1 fully saturated rings. The number of urea groups is 1. The zero-order valence-corrected chi connectivity index (χ0v) is 23.3. The fraction of sp³-hybridized carbons (Fsp3) is 0.353. The van der Waals surface area contributed by atoms with Crippen LogP contribution in [0.4, 0.5) is 14.9 Å². The van der Waals surface area contributed by atoms with Crippen molar-refractivity contribution < 1.29 is 18.7 Å². The molecule has 0 aromatic heterocycles. The molecule has 1 aliphatic carbocycles. The first-order valence-corrected chi connectivity index (χ1v) is 14.1. The maximum atomic E-state index is 14.3. The van der Waals surface area contributed by atoms with Crippen molar-refractivity contribution in [2.45, 2.75) is 70.9 Å². The Bertz CT molecular complexity index is 1350. The van der Waals surface area contributed by atoms with Gasteiger partial charge in [0.25, 0.3) is 0 Å². The van der Waals surface area contributed by atoms with Crippen molar-refractivity contribution in [1.29, 1.82) is 0 Å². The van der Waals surface area contributed by atoms with Crippen LogP contribution in [0.2, 0.25) is 0 Å². The highest BCUT2D eigenvalue weighted by Gasteiger charge is 2.23. The topological polar surface area (TPSA) is 58.6 Å². The first-order chi connectivity index (χ1) is 19.5.